The Morgan fingerprint density at radius 1 is 1.60 bits per heavy atom. The van der Waals surface area contributed by atoms with E-state index in [-0.39, 0.29) is 5.75 Å². The van der Waals surface area contributed by atoms with Crippen LogP contribution >= 0.6 is 22.6 Å². The number of hydrogen-bond donors (Lipinski definition) is 3. The molecule has 0 radical (unpaired) electrons. The number of carboxylic acids is 1. The average Bonchev–Trinajstić information content (AvgIpc) is 2.19. The lowest BCUT2D eigenvalue weighted by Gasteiger charge is -2.11. The predicted octanol–water partition coefficient (Wildman–Crippen LogP) is 1.21. The molecule has 5 heteroatoms. The Kier molecular flexibility index (Phi) is 4.34. The van der Waals surface area contributed by atoms with E-state index in [0.717, 1.165) is 9.13 Å². The van der Waals surface area contributed by atoms with Crippen LogP contribution in [-0.2, 0) is 11.2 Å². The monoisotopic (exact) mass is 321 g/mol. The number of aromatic hydroxyl groups is 1. The highest BCUT2D eigenvalue weighted by Crippen LogP contribution is 2.20. The van der Waals surface area contributed by atoms with Crippen LogP contribution in [0.4, 0.5) is 0 Å². The lowest BCUT2D eigenvalue weighted by Crippen LogP contribution is -2.35. The minimum atomic E-state index is -0.874. The number of likely N-dealkylation sites (N-methyl/N-ethyl adjacent to an activating group) is 1. The summed E-state index contributed by atoms with van der Waals surface area (Å²) in [5, 5.41) is 20.9. The molecule has 1 atom stereocenters. The van der Waals surface area contributed by atoms with E-state index < -0.39 is 12.0 Å². The summed E-state index contributed by atoms with van der Waals surface area (Å²) in [6, 6.07) is 4.49. The fourth-order valence-electron chi connectivity index (χ4n) is 1.23. The molecule has 0 aliphatic rings. The maximum Gasteiger partial charge on any atom is 0.321 e. The van der Waals surface area contributed by atoms with Crippen LogP contribution in [0.2, 0.25) is 0 Å². The van der Waals surface area contributed by atoms with E-state index in [1.54, 1.807) is 25.2 Å². The molecular weight excluding hydrogens is 309 g/mol. The van der Waals surface area contributed by atoms with Gasteiger partial charge in [0, 0.05) is 0 Å². The van der Waals surface area contributed by atoms with Crippen LogP contribution in [0.25, 0.3) is 0 Å². The quantitative estimate of drug-likeness (QED) is 0.729. The van der Waals surface area contributed by atoms with E-state index in [2.05, 4.69) is 5.32 Å². The lowest BCUT2D eigenvalue weighted by molar-refractivity contribution is -0.139. The van der Waals surface area contributed by atoms with Crippen molar-refractivity contribution in [3.63, 3.8) is 0 Å². The minimum Gasteiger partial charge on any atom is -0.507 e. The van der Waals surface area contributed by atoms with Gasteiger partial charge in [0.05, 0.1) is 3.57 Å². The van der Waals surface area contributed by atoms with E-state index in [1.807, 2.05) is 22.6 Å². The molecule has 0 aliphatic carbocycles. The van der Waals surface area contributed by atoms with Gasteiger partial charge in [-0.3, -0.25) is 4.79 Å². The van der Waals surface area contributed by atoms with Crippen molar-refractivity contribution in [1.29, 1.82) is 0 Å². The van der Waals surface area contributed by atoms with Crippen molar-refractivity contribution in [2.24, 2.45) is 0 Å². The van der Waals surface area contributed by atoms with Gasteiger partial charge in [0.1, 0.15) is 11.8 Å². The zero-order valence-corrected chi connectivity index (χ0v) is 10.4. The van der Waals surface area contributed by atoms with Crippen molar-refractivity contribution in [3.05, 3.63) is 27.3 Å². The van der Waals surface area contributed by atoms with Crippen LogP contribution in [0.3, 0.4) is 0 Å². The van der Waals surface area contributed by atoms with Gasteiger partial charge in [-0.25, -0.2) is 0 Å². The number of nitrogens with one attached hydrogen (secondary N) is 1. The van der Waals surface area contributed by atoms with Crippen LogP contribution in [0.1, 0.15) is 5.56 Å². The number of phenols is 1. The molecule has 0 saturated heterocycles. The fraction of sp³-hybridized carbons (Fsp3) is 0.300. The molecule has 0 unspecified atom stereocenters. The minimum absolute atomic E-state index is 0.218. The zero-order chi connectivity index (χ0) is 11.4. The number of carbonyl (C=O) groups is 1. The molecule has 1 aromatic rings. The molecule has 0 saturated carbocycles. The van der Waals surface area contributed by atoms with Crippen molar-refractivity contribution < 1.29 is 15.0 Å². The number of halogens is 1. The molecule has 0 heterocycles. The van der Waals surface area contributed by atoms with Gasteiger partial charge in [0.2, 0.25) is 0 Å². The molecule has 0 aromatic heterocycles. The molecule has 0 fully saturated rings. The van der Waals surface area contributed by atoms with Gasteiger partial charge >= 0.3 is 5.97 Å². The van der Waals surface area contributed by atoms with Crippen molar-refractivity contribution in [3.8, 4) is 5.75 Å². The Morgan fingerprint density at radius 3 is 2.73 bits per heavy atom. The maximum absolute atomic E-state index is 10.8. The van der Waals surface area contributed by atoms with E-state index in [9.17, 15) is 9.90 Å². The molecule has 0 spiro atoms. The van der Waals surface area contributed by atoms with Gasteiger partial charge in [-0.2, -0.15) is 0 Å². The normalized spacial score (nSPS) is 12.4. The summed E-state index contributed by atoms with van der Waals surface area (Å²) in [5.41, 5.74) is 0.888. The van der Waals surface area contributed by atoms with Crippen LogP contribution in [0.15, 0.2) is 18.2 Å². The highest BCUT2D eigenvalue weighted by molar-refractivity contribution is 14.1. The van der Waals surface area contributed by atoms with Gasteiger partial charge in [-0.15, -0.1) is 0 Å². The average molecular weight is 321 g/mol. The standard InChI is InChI=1S/C10H12INO3/c1-12-8(10(14)15)5-6-2-3-9(13)7(11)4-6/h2-4,8,12-13H,5H2,1H3,(H,14,15)/t8-/m0/s1. The van der Waals surface area contributed by atoms with E-state index in [0.29, 0.717) is 6.42 Å². The zero-order valence-electron chi connectivity index (χ0n) is 8.20. The van der Waals surface area contributed by atoms with E-state index >= 15 is 0 Å². The number of phenolic OH excluding ortho intramolecular Hbond substituents is 1. The maximum atomic E-state index is 10.8. The first kappa shape index (κ1) is 12.3. The second kappa shape index (κ2) is 5.32. The van der Waals surface area contributed by atoms with E-state index in [1.165, 1.54) is 0 Å². The third-order valence-corrected chi connectivity index (χ3v) is 2.96. The summed E-state index contributed by atoms with van der Waals surface area (Å²) in [4.78, 5) is 10.8. The van der Waals surface area contributed by atoms with Gasteiger partial charge in [-0.1, -0.05) is 6.07 Å². The molecule has 1 aromatic carbocycles. The molecule has 4 nitrogen and oxygen atoms in total. The fourth-order valence-corrected chi connectivity index (χ4v) is 1.81. The summed E-state index contributed by atoms with van der Waals surface area (Å²) < 4.78 is 0.727. The van der Waals surface area contributed by atoms with Gasteiger partial charge in [0.25, 0.3) is 0 Å². The largest absolute Gasteiger partial charge is 0.507 e. The first-order valence-corrected chi connectivity index (χ1v) is 5.50. The Labute approximate surface area is 101 Å². The number of benzene rings is 1. The first-order chi connectivity index (χ1) is 7.04. The number of hydrogen-bond acceptors (Lipinski definition) is 3. The molecular formula is C10H12INO3. The number of rotatable bonds is 4. The molecule has 0 bridgehead atoms. The smallest absolute Gasteiger partial charge is 0.321 e. The van der Waals surface area contributed by atoms with Gasteiger partial charge in [-0.05, 0) is 53.8 Å². The summed E-state index contributed by atoms with van der Waals surface area (Å²) in [6.07, 6.45) is 0.405. The summed E-state index contributed by atoms with van der Waals surface area (Å²) in [6.45, 7) is 0. The molecule has 0 aliphatic heterocycles. The van der Waals surface area contributed by atoms with Crippen molar-refractivity contribution >= 4 is 28.6 Å². The van der Waals surface area contributed by atoms with Crippen LogP contribution < -0.4 is 5.32 Å². The van der Waals surface area contributed by atoms with E-state index in [4.69, 9.17) is 5.11 Å². The first-order valence-electron chi connectivity index (χ1n) is 4.42. The van der Waals surface area contributed by atoms with Crippen molar-refractivity contribution in [2.45, 2.75) is 12.5 Å². The second-order valence-electron chi connectivity index (χ2n) is 3.17. The van der Waals surface area contributed by atoms with Crippen LogP contribution in [-0.4, -0.2) is 29.3 Å². The molecule has 1 rings (SSSR count). The highest BCUT2D eigenvalue weighted by atomic mass is 127. The molecule has 15 heavy (non-hydrogen) atoms. The summed E-state index contributed by atoms with van der Waals surface area (Å²) in [5.74, 6) is -0.656. The molecule has 0 amide bonds. The van der Waals surface area contributed by atoms with Gasteiger partial charge < -0.3 is 15.5 Å². The molecule has 3 N–H and O–H groups in total. The SMILES string of the molecule is CN[C@@H](Cc1ccc(O)c(I)c1)C(=O)O. The highest BCUT2D eigenvalue weighted by Gasteiger charge is 2.15. The summed E-state index contributed by atoms with van der Waals surface area (Å²) >= 11 is 2.01. The third kappa shape index (κ3) is 3.35. The number of carboxylic acid groups (broad SMARTS) is 1. The van der Waals surface area contributed by atoms with Crippen LogP contribution in [0, 0.1) is 3.57 Å². The Hall–Kier alpha value is -0.820. The number of aliphatic carboxylic acids is 1. The lowest BCUT2D eigenvalue weighted by atomic mass is 10.1. The van der Waals surface area contributed by atoms with Crippen LogP contribution in [0.5, 0.6) is 5.75 Å². The second-order valence-corrected chi connectivity index (χ2v) is 4.33. The van der Waals surface area contributed by atoms with Crippen molar-refractivity contribution in [2.75, 3.05) is 7.05 Å². The van der Waals surface area contributed by atoms with Gasteiger partial charge in [0.15, 0.2) is 0 Å². The van der Waals surface area contributed by atoms with Crippen molar-refractivity contribution in [1.82, 2.24) is 5.32 Å². The topological polar surface area (TPSA) is 69.6 Å². The predicted molar refractivity (Wildman–Crippen MR) is 65.0 cm³/mol. The Bertz CT molecular complexity index is 368. The summed E-state index contributed by atoms with van der Waals surface area (Å²) in [7, 11) is 1.62. The molecule has 82 valence electrons. The Morgan fingerprint density at radius 2 is 2.27 bits per heavy atom. The third-order valence-electron chi connectivity index (χ3n) is 2.10. The Balaban J connectivity index is 2.80.